The van der Waals surface area contributed by atoms with E-state index in [4.69, 9.17) is 9.47 Å². The van der Waals surface area contributed by atoms with Crippen LogP contribution in [0.4, 0.5) is 4.79 Å². The Labute approximate surface area is 345 Å². The second-order valence-corrected chi connectivity index (χ2v) is 20.0. The molecule has 1 aliphatic rings. The van der Waals surface area contributed by atoms with Gasteiger partial charge in [-0.05, 0) is 83.9 Å². The van der Waals surface area contributed by atoms with E-state index < -0.39 is 40.1 Å². The molecule has 0 aliphatic carbocycles. The highest BCUT2D eigenvalue weighted by atomic mass is 33.1. The van der Waals surface area contributed by atoms with Crippen molar-refractivity contribution < 1.29 is 28.7 Å². The number of rotatable bonds is 19. The van der Waals surface area contributed by atoms with Crippen molar-refractivity contribution >= 4 is 57.2 Å². The van der Waals surface area contributed by atoms with Crippen molar-refractivity contribution in [1.29, 1.82) is 0 Å². The largest absolute Gasteiger partial charge is 0.460 e. The number of alkyl carbamates (subject to hydrolysis) is 1. The quantitative estimate of drug-likeness (QED) is 0.0471. The Balaban J connectivity index is 1.55. The first-order chi connectivity index (χ1) is 26.6. The lowest BCUT2D eigenvalue weighted by molar-refractivity contribution is -0.155. The Morgan fingerprint density at radius 1 is 0.768 bits per heavy atom. The average Bonchev–Trinajstić information content (AvgIpc) is 3.66. The minimum atomic E-state index is -0.868. The smallest absolute Gasteiger partial charge is 0.407 e. The zero-order chi connectivity index (χ0) is 40.6. The third-order valence-corrected chi connectivity index (χ3v) is 13.6. The van der Waals surface area contributed by atoms with E-state index in [-0.39, 0.29) is 37.0 Å². The molecule has 3 amide bonds. The molecule has 4 rings (SSSR count). The fourth-order valence-electron chi connectivity index (χ4n) is 6.42. The summed E-state index contributed by atoms with van der Waals surface area (Å²) in [5.41, 5.74) is 1.71. The number of nitrogens with one attached hydrogen (secondary N) is 3. The molecule has 0 saturated carbocycles. The molecule has 0 spiro atoms. The van der Waals surface area contributed by atoms with Gasteiger partial charge in [-0.1, -0.05) is 119 Å². The molecule has 0 radical (unpaired) electrons. The fraction of sp³-hybridized carbons (Fsp3) is 0.500. The minimum absolute atomic E-state index is 0.103. The molecule has 12 heteroatoms. The molecule has 0 aromatic heterocycles. The molecular weight excluding hydrogens is 763 g/mol. The normalized spacial score (nSPS) is 15.6. The van der Waals surface area contributed by atoms with Crippen molar-refractivity contribution in [3.63, 3.8) is 0 Å². The van der Waals surface area contributed by atoms with Crippen molar-refractivity contribution in [2.75, 3.05) is 18.1 Å². The van der Waals surface area contributed by atoms with Crippen LogP contribution in [-0.4, -0.2) is 70.5 Å². The van der Waals surface area contributed by atoms with E-state index in [1.54, 1.807) is 53.3 Å². The highest BCUT2D eigenvalue weighted by molar-refractivity contribution is 8.77. The molecule has 9 nitrogen and oxygen atoms in total. The summed E-state index contributed by atoms with van der Waals surface area (Å²) in [6, 6.07) is 29.2. The van der Waals surface area contributed by atoms with Gasteiger partial charge in [0.15, 0.2) is 0 Å². The summed E-state index contributed by atoms with van der Waals surface area (Å²) in [6.07, 6.45) is 3.80. The number of carbonyl (C=O) groups is 4. The van der Waals surface area contributed by atoms with Crippen molar-refractivity contribution in [2.24, 2.45) is 0 Å². The van der Waals surface area contributed by atoms with E-state index >= 15 is 0 Å². The topological polar surface area (TPSA) is 123 Å². The van der Waals surface area contributed by atoms with Gasteiger partial charge in [-0.2, -0.15) is 0 Å². The number of esters is 1. The molecule has 1 saturated heterocycles. The Hall–Kier alpha value is -3.61. The summed E-state index contributed by atoms with van der Waals surface area (Å²) in [6.45, 7) is 10.8. The molecule has 3 aromatic carbocycles. The van der Waals surface area contributed by atoms with Crippen LogP contribution in [0.15, 0.2) is 91.0 Å². The minimum Gasteiger partial charge on any atom is -0.460 e. The number of benzene rings is 3. The van der Waals surface area contributed by atoms with Gasteiger partial charge in [0, 0.05) is 35.8 Å². The number of ether oxygens (including phenoxy) is 2. The molecule has 3 atom stereocenters. The molecular formula is C44H59N3O6S3. The van der Waals surface area contributed by atoms with E-state index in [9.17, 15) is 19.2 Å². The Kier molecular flexibility index (Phi) is 17.5. The van der Waals surface area contributed by atoms with Crippen LogP contribution in [0, 0.1) is 0 Å². The van der Waals surface area contributed by atoms with Gasteiger partial charge in [0.05, 0.1) is 11.2 Å². The molecule has 1 heterocycles. The molecule has 0 bridgehead atoms. The van der Waals surface area contributed by atoms with Crippen molar-refractivity contribution in [3.05, 3.63) is 108 Å². The zero-order valence-electron chi connectivity index (χ0n) is 33.6. The maximum absolute atomic E-state index is 14.2. The molecule has 3 aromatic rings. The fourth-order valence-corrected chi connectivity index (χ4v) is 11.0. The lowest BCUT2D eigenvalue weighted by Crippen LogP contribution is -2.50. The lowest BCUT2D eigenvalue weighted by Gasteiger charge is -2.36. The summed E-state index contributed by atoms with van der Waals surface area (Å²) in [5.74, 6) is 0.458. The highest BCUT2D eigenvalue weighted by Gasteiger charge is 2.38. The van der Waals surface area contributed by atoms with Crippen LogP contribution < -0.4 is 16.0 Å². The van der Waals surface area contributed by atoms with Gasteiger partial charge in [0.2, 0.25) is 11.8 Å². The number of carbonyl (C=O) groups excluding carboxylic acids is 4. The third-order valence-electron chi connectivity index (χ3n) is 8.91. The van der Waals surface area contributed by atoms with Crippen LogP contribution in [0.2, 0.25) is 0 Å². The SMILES string of the molecule is CC(C)(C)OC(=O)CC(CCNC(=O)C(CSC(c1ccccc1)(c1ccccc1)c1ccccc1)NC(=O)CCCCC1CCSS1)NC(=O)OC(C)(C)C. The predicted molar refractivity (Wildman–Crippen MR) is 232 cm³/mol. The summed E-state index contributed by atoms with van der Waals surface area (Å²) in [7, 11) is 3.86. The summed E-state index contributed by atoms with van der Waals surface area (Å²) in [4.78, 5) is 53.3. The average molecular weight is 822 g/mol. The predicted octanol–water partition coefficient (Wildman–Crippen LogP) is 9.04. The Morgan fingerprint density at radius 2 is 1.32 bits per heavy atom. The van der Waals surface area contributed by atoms with Crippen molar-refractivity contribution in [3.8, 4) is 0 Å². The van der Waals surface area contributed by atoms with Crippen LogP contribution in [0.25, 0.3) is 0 Å². The molecule has 1 aliphatic heterocycles. The number of hydrogen-bond donors (Lipinski definition) is 3. The maximum atomic E-state index is 14.2. The van der Waals surface area contributed by atoms with Crippen LogP contribution in [0.5, 0.6) is 0 Å². The molecule has 1 fully saturated rings. The highest BCUT2D eigenvalue weighted by Crippen LogP contribution is 2.48. The Morgan fingerprint density at radius 3 is 1.82 bits per heavy atom. The van der Waals surface area contributed by atoms with Gasteiger partial charge in [-0.3, -0.25) is 14.4 Å². The third kappa shape index (κ3) is 15.0. The Bertz CT molecular complexity index is 1550. The van der Waals surface area contributed by atoms with Crippen molar-refractivity contribution in [1.82, 2.24) is 16.0 Å². The van der Waals surface area contributed by atoms with Crippen LogP contribution in [0.3, 0.4) is 0 Å². The molecule has 304 valence electrons. The van der Waals surface area contributed by atoms with E-state index in [0.717, 1.165) is 36.0 Å². The van der Waals surface area contributed by atoms with Gasteiger partial charge in [0.25, 0.3) is 0 Å². The summed E-state index contributed by atoms with van der Waals surface area (Å²) < 4.78 is 10.3. The number of thioether (sulfide) groups is 1. The van der Waals surface area contributed by atoms with E-state index in [1.807, 2.05) is 76.2 Å². The molecule has 3 N–H and O–H groups in total. The monoisotopic (exact) mass is 821 g/mol. The summed E-state index contributed by atoms with van der Waals surface area (Å²) in [5, 5.41) is 9.51. The van der Waals surface area contributed by atoms with Gasteiger partial charge >= 0.3 is 12.1 Å². The van der Waals surface area contributed by atoms with Crippen LogP contribution in [-0.2, 0) is 28.6 Å². The first-order valence-corrected chi connectivity index (χ1v) is 22.9. The van der Waals surface area contributed by atoms with Gasteiger partial charge in [0.1, 0.15) is 17.2 Å². The zero-order valence-corrected chi connectivity index (χ0v) is 36.1. The molecule has 56 heavy (non-hydrogen) atoms. The number of hydrogen-bond acceptors (Lipinski definition) is 9. The lowest BCUT2D eigenvalue weighted by atomic mass is 9.84. The van der Waals surface area contributed by atoms with Crippen molar-refractivity contribution in [2.45, 2.75) is 120 Å². The molecule has 3 unspecified atom stereocenters. The van der Waals surface area contributed by atoms with Crippen LogP contribution in [0.1, 0.15) is 103 Å². The number of amides is 3. The first-order valence-electron chi connectivity index (χ1n) is 19.5. The second kappa shape index (κ2) is 21.8. The maximum Gasteiger partial charge on any atom is 0.407 e. The van der Waals surface area contributed by atoms with E-state index in [1.165, 1.54) is 12.2 Å². The van der Waals surface area contributed by atoms with Gasteiger partial charge in [-0.15, -0.1) is 11.8 Å². The first kappa shape index (κ1) is 45.1. The van der Waals surface area contributed by atoms with E-state index in [2.05, 4.69) is 52.3 Å². The van der Waals surface area contributed by atoms with E-state index in [0.29, 0.717) is 11.7 Å². The van der Waals surface area contributed by atoms with Gasteiger partial charge in [-0.25, -0.2) is 4.79 Å². The standard InChI is InChI=1S/C44H59N3O6S3/c1-42(2,3)52-39(49)30-35(46-41(51)53-43(4,5)6)26-28-45-40(50)37(47-38(48)25-17-16-24-36-27-29-55-56-36)31-54-44(32-18-10-7-11-19-32,33-20-12-8-13-21-33)34-22-14-9-15-23-34/h7-15,18-23,35-37H,16-17,24-31H2,1-6H3,(H,45,50)(H,46,51)(H,47,48). The summed E-state index contributed by atoms with van der Waals surface area (Å²) >= 11 is 1.60. The van der Waals surface area contributed by atoms with Crippen LogP contribution >= 0.6 is 33.3 Å². The second-order valence-electron chi connectivity index (χ2n) is 16.0. The number of unbranched alkanes of at least 4 members (excludes halogenated alkanes) is 1. The van der Waals surface area contributed by atoms with Gasteiger partial charge < -0.3 is 25.4 Å².